The molecule has 0 aliphatic carbocycles. The lowest BCUT2D eigenvalue weighted by Crippen LogP contribution is -2.34. The van der Waals surface area contributed by atoms with E-state index in [4.69, 9.17) is 10.5 Å². The topological polar surface area (TPSA) is 89.6 Å². The number of likely N-dealkylation sites (tertiary alicyclic amines) is 1. The maximum absolute atomic E-state index is 14.7. The number of anilines is 1. The lowest BCUT2D eigenvalue weighted by Gasteiger charge is -2.25. The fraction of sp³-hybridized carbons (Fsp3) is 0.259. The Balaban J connectivity index is 1.47. The average Bonchev–Trinajstić information content (AvgIpc) is 3.26. The van der Waals surface area contributed by atoms with Gasteiger partial charge in [-0.1, -0.05) is 24.3 Å². The van der Waals surface area contributed by atoms with Crippen molar-refractivity contribution >= 4 is 33.3 Å². The van der Waals surface area contributed by atoms with E-state index in [-0.39, 0.29) is 22.4 Å². The van der Waals surface area contributed by atoms with Gasteiger partial charge in [0.05, 0.1) is 11.1 Å². The molecule has 6 rings (SSSR count). The minimum absolute atomic E-state index is 0.0478. The molecule has 2 aliphatic heterocycles. The molecule has 1 fully saturated rings. The molecular formula is C27H25FN4O3. The van der Waals surface area contributed by atoms with Gasteiger partial charge in [-0.2, -0.15) is 0 Å². The molecule has 0 saturated carbocycles. The highest BCUT2D eigenvalue weighted by atomic mass is 19.1. The summed E-state index contributed by atoms with van der Waals surface area (Å²) in [5.74, 6) is -0.693. The Bertz CT molecular complexity index is 1580. The second-order valence-electron chi connectivity index (χ2n) is 9.33. The number of nitrogens with zero attached hydrogens (tertiary/aromatic N) is 2. The summed E-state index contributed by atoms with van der Waals surface area (Å²) in [5.41, 5.74) is 6.23. The van der Waals surface area contributed by atoms with E-state index in [1.54, 1.807) is 4.57 Å². The Labute approximate surface area is 200 Å². The number of halogens is 1. The third-order valence-corrected chi connectivity index (χ3v) is 7.21. The zero-order valence-electron chi connectivity index (χ0n) is 19.3. The number of ether oxygens (including phenoxy) is 1. The van der Waals surface area contributed by atoms with Crippen molar-refractivity contribution in [3.05, 3.63) is 70.3 Å². The lowest BCUT2D eigenvalue weighted by molar-refractivity contribution is 0.0949. The SMILES string of the molecule is CN1CCCC1CCNC(=O)c1cn2c3c(c(N)c(F)cc3c1=O)Oc1cc3ccccc3cc1-2. The van der Waals surface area contributed by atoms with Crippen LogP contribution in [0.25, 0.3) is 27.4 Å². The van der Waals surface area contributed by atoms with Crippen molar-refractivity contribution in [3.8, 4) is 17.2 Å². The van der Waals surface area contributed by atoms with Gasteiger partial charge in [-0.05, 0) is 61.8 Å². The number of hydrogen-bond acceptors (Lipinski definition) is 5. The van der Waals surface area contributed by atoms with E-state index in [9.17, 15) is 14.0 Å². The number of rotatable bonds is 4. The smallest absolute Gasteiger partial charge is 0.256 e. The van der Waals surface area contributed by atoms with E-state index >= 15 is 0 Å². The van der Waals surface area contributed by atoms with E-state index in [0.29, 0.717) is 29.5 Å². The zero-order chi connectivity index (χ0) is 24.3. The maximum Gasteiger partial charge on any atom is 0.256 e. The summed E-state index contributed by atoms with van der Waals surface area (Å²) in [6.45, 7) is 1.51. The molecule has 1 amide bonds. The third-order valence-electron chi connectivity index (χ3n) is 7.21. The average molecular weight is 473 g/mol. The molecule has 1 saturated heterocycles. The molecule has 3 aromatic carbocycles. The van der Waals surface area contributed by atoms with Gasteiger partial charge in [-0.25, -0.2) is 4.39 Å². The number of hydrogen-bond donors (Lipinski definition) is 2. The number of carbonyl (C=O) groups is 1. The number of carbonyl (C=O) groups excluding carboxylic acids is 1. The molecule has 178 valence electrons. The molecule has 3 heterocycles. The van der Waals surface area contributed by atoms with Gasteiger partial charge in [-0.15, -0.1) is 0 Å². The van der Waals surface area contributed by atoms with Crippen LogP contribution in [0.5, 0.6) is 11.5 Å². The van der Waals surface area contributed by atoms with Gasteiger partial charge in [0.15, 0.2) is 17.3 Å². The molecule has 3 N–H and O–H groups in total. The van der Waals surface area contributed by atoms with E-state index in [1.807, 2.05) is 36.4 Å². The number of nitrogens with two attached hydrogens (primary N) is 1. The first-order chi connectivity index (χ1) is 16.9. The number of aromatic nitrogens is 1. The number of amides is 1. The van der Waals surface area contributed by atoms with Gasteiger partial charge in [0, 0.05) is 18.8 Å². The quantitative estimate of drug-likeness (QED) is 0.383. The van der Waals surface area contributed by atoms with Gasteiger partial charge in [0.1, 0.15) is 16.8 Å². The van der Waals surface area contributed by atoms with Gasteiger partial charge in [0.2, 0.25) is 5.43 Å². The van der Waals surface area contributed by atoms with Crippen LogP contribution >= 0.6 is 0 Å². The molecular weight excluding hydrogens is 447 g/mol. The van der Waals surface area contributed by atoms with Crippen molar-refractivity contribution in [1.29, 1.82) is 0 Å². The normalized spacial score (nSPS) is 16.9. The van der Waals surface area contributed by atoms with Crippen LogP contribution in [-0.2, 0) is 0 Å². The zero-order valence-corrected chi connectivity index (χ0v) is 19.3. The molecule has 4 aromatic rings. The largest absolute Gasteiger partial charge is 0.451 e. The summed E-state index contributed by atoms with van der Waals surface area (Å²) in [7, 11) is 2.08. The predicted molar refractivity (Wildman–Crippen MR) is 134 cm³/mol. The second-order valence-corrected chi connectivity index (χ2v) is 9.33. The first-order valence-corrected chi connectivity index (χ1v) is 11.8. The highest BCUT2D eigenvalue weighted by Crippen LogP contribution is 2.45. The van der Waals surface area contributed by atoms with Crippen molar-refractivity contribution in [1.82, 2.24) is 14.8 Å². The van der Waals surface area contributed by atoms with Crippen LogP contribution in [0.3, 0.4) is 0 Å². The Hall–Kier alpha value is -3.91. The van der Waals surface area contributed by atoms with E-state index in [1.165, 1.54) is 6.20 Å². The van der Waals surface area contributed by atoms with Crippen LogP contribution in [0.1, 0.15) is 29.6 Å². The highest BCUT2D eigenvalue weighted by molar-refractivity contribution is 6.01. The summed E-state index contributed by atoms with van der Waals surface area (Å²) in [6.07, 6.45) is 4.57. The molecule has 0 radical (unpaired) electrons. The van der Waals surface area contributed by atoms with Crippen molar-refractivity contribution in [2.24, 2.45) is 0 Å². The molecule has 1 unspecified atom stereocenters. The van der Waals surface area contributed by atoms with Crippen LogP contribution in [0.2, 0.25) is 0 Å². The standard InChI is InChI=1S/C27H25FN4O3/c1-31-10-4-7-17(31)8-9-30-27(34)19-14-32-21-11-15-5-2-3-6-16(15)12-22(21)35-26-23(29)20(28)13-18(24(26)32)25(19)33/h2-3,5-6,11-14,17H,4,7-10,29H2,1H3,(H,30,34). The minimum Gasteiger partial charge on any atom is -0.451 e. The Morgan fingerprint density at radius 2 is 2.00 bits per heavy atom. The molecule has 1 aromatic heterocycles. The summed E-state index contributed by atoms with van der Waals surface area (Å²) in [5, 5.41) is 4.84. The fourth-order valence-electron chi connectivity index (χ4n) is 5.27. The summed E-state index contributed by atoms with van der Waals surface area (Å²) in [6, 6.07) is 13.1. The Kier molecular flexibility index (Phi) is 5.00. The Morgan fingerprint density at radius 1 is 1.23 bits per heavy atom. The van der Waals surface area contributed by atoms with Gasteiger partial charge >= 0.3 is 0 Å². The van der Waals surface area contributed by atoms with E-state index in [2.05, 4.69) is 17.3 Å². The third kappa shape index (κ3) is 3.44. The second kappa shape index (κ2) is 8.09. The molecule has 7 nitrogen and oxygen atoms in total. The van der Waals surface area contributed by atoms with Crippen LogP contribution < -0.4 is 21.2 Å². The molecule has 8 heteroatoms. The van der Waals surface area contributed by atoms with Crippen molar-refractivity contribution in [2.75, 3.05) is 25.9 Å². The van der Waals surface area contributed by atoms with Gasteiger partial charge in [-0.3, -0.25) is 9.59 Å². The Morgan fingerprint density at radius 3 is 2.74 bits per heavy atom. The monoisotopic (exact) mass is 472 g/mol. The first kappa shape index (κ1) is 21.6. The minimum atomic E-state index is -0.762. The number of pyridine rings is 1. The van der Waals surface area contributed by atoms with Crippen LogP contribution in [0.15, 0.2) is 53.5 Å². The fourth-order valence-corrected chi connectivity index (χ4v) is 5.27. The van der Waals surface area contributed by atoms with Crippen LogP contribution in [0.4, 0.5) is 10.1 Å². The molecule has 35 heavy (non-hydrogen) atoms. The lowest BCUT2D eigenvalue weighted by atomic mass is 10.0. The van der Waals surface area contributed by atoms with Crippen molar-refractivity contribution in [2.45, 2.75) is 25.3 Å². The van der Waals surface area contributed by atoms with Crippen LogP contribution in [0, 0.1) is 5.82 Å². The summed E-state index contributed by atoms with van der Waals surface area (Å²) < 4.78 is 22.5. The maximum atomic E-state index is 14.7. The summed E-state index contributed by atoms with van der Waals surface area (Å²) >= 11 is 0. The van der Waals surface area contributed by atoms with Crippen LogP contribution in [-0.4, -0.2) is 41.6 Å². The van der Waals surface area contributed by atoms with E-state index in [0.717, 1.165) is 42.6 Å². The number of benzene rings is 3. The number of nitrogen functional groups attached to an aromatic ring is 1. The summed E-state index contributed by atoms with van der Waals surface area (Å²) in [4.78, 5) is 28.7. The molecule has 0 bridgehead atoms. The highest BCUT2D eigenvalue weighted by Gasteiger charge is 2.28. The molecule has 1 atom stereocenters. The molecule has 2 aliphatic rings. The predicted octanol–water partition coefficient (Wildman–Crippen LogP) is 4.19. The molecule has 0 spiro atoms. The van der Waals surface area contributed by atoms with Gasteiger partial charge in [0.25, 0.3) is 5.91 Å². The van der Waals surface area contributed by atoms with Crippen molar-refractivity contribution in [3.63, 3.8) is 0 Å². The van der Waals surface area contributed by atoms with Crippen molar-refractivity contribution < 1.29 is 13.9 Å². The van der Waals surface area contributed by atoms with E-state index < -0.39 is 17.2 Å². The number of nitrogens with one attached hydrogen (secondary N) is 1. The van der Waals surface area contributed by atoms with Gasteiger partial charge < -0.3 is 25.3 Å². The number of fused-ring (bicyclic) bond motifs is 3. The first-order valence-electron chi connectivity index (χ1n) is 11.8.